The summed E-state index contributed by atoms with van der Waals surface area (Å²) in [6.07, 6.45) is 3.83. The number of halogens is 3. The molecule has 2 amide bonds. The van der Waals surface area contributed by atoms with E-state index in [1.54, 1.807) is 31.2 Å². The highest BCUT2D eigenvalue weighted by Gasteiger charge is 2.29. The van der Waals surface area contributed by atoms with E-state index in [1.165, 1.54) is 17.0 Å². The van der Waals surface area contributed by atoms with Crippen molar-refractivity contribution in [2.75, 3.05) is 0 Å². The first-order chi connectivity index (χ1) is 14.4. The third kappa shape index (κ3) is 5.52. The Bertz CT molecular complexity index is 896. The van der Waals surface area contributed by atoms with E-state index in [0.29, 0.717) is 10.6 Å². The minimum absolute atomic E-state index is 0.122. The Kier molecular flexibility index (Phi) is 7.73. The smallest absolute Gasteiger partial charge is 0.242 e. The molecule has 1 atom stereocenters. The molecule has 1 fully saturated rings. The summed E-state index contributed by atoms with van der Waals surface area (Å²) in [6, 6.07) is 10.9. The first-order valence-corrected chi connectivity index (χ1v) is 10.9. The highest BCUT2D eigenvalue weighted by atomic mass is 35.5. The quantitative estimate of drug-likeness (QED) is 0.633. The number of carbonyl (C=O) groups excluding carboxylic acids is 2. The lowest BCUT2D eigenvalue weighted by Crippen LogP contribution is -2.50. The van der Waals surface area contributed by atoms with Gasteiger partial charge in [-0.1, -0.05) is 60.3 Å². The summed E-state index contributed by atoms with van der Waals surface area (Å²) < 4.78 is 14.2. The standard InChI is InChI=1S/C23H25Cl2FN2O2/c1-15(23(30)27-17-8-3-4-9-17)28(14-16-7-2-5-10-19(16)24)22(29)13-18-20(25)11-6-12-21(18)26/h2,5-7,10-12,15,17H,3-4,8-9,13-14H2,1H3,(H,27,30)/t15-/m0/s1. The predicted molar refractivity (Wildman–Crippen MR) is 117 cm³/mol. The molecule has 0 aliphatic heterocycles. The van der Waals surface area contributed by atoms with Gasteiger partial charge < -0.3 is 10.2 Å². The van der Waals surface area contributed by atoms with E-state index in [1.807, 2.05) is 6.07 Å². The Morgan fingerprint density at radius 3 is 2.43 bits per heavy atom. The molecule has 160 valence electrons. The van der Waals surface area contributed by atoms with Gasteiger partial charge in [0.2, 0.25) is 11.8 Å². The molecule has 2 aromatic carbocycles. The SMILES string of the molecule is C[C@@H](C(=O)NC1CCCC1)N(Cc1ccccc1Cl)C(=O)Cc1c(F)cccc1Cl. The van der Waals surface area contributed by atoms with Crippen molar-refractivity contribution in [2.45, 2.75) is 57.7 Å². The third-order valence-corrected chi connectivity index (χ3v) is 6.28. The van der Waals surface area contributed by atoms with Gasteiger partial charge in [-0.15, -0.1) is 0 Å². The van der Waals surface area contributed by atoms with Crippen LogP contribution < -0.4 is 5.32 Å². The van der Waals surface area contributed by atoms with Crippen molar-refractivity contribution in [1.82, 2.24) is 10.2 Å². The molecule has 0 spiro atoms. The van der Waals surface area contributed by atoms with Crippen molar-refractivity contribution in [3.8, 4) is 0 Å². The molecule has 0 heterocycles. The van der Waals surface area contributed by atoms with E-state index in [-0.39, 0.29) is 35.5 Å². The zero-order valence-electron chi connectivity index (χ0n) is 16.8. The number of rotatable bonds is 7. The Labute approximate surface area is 186 Å². The van der Waals surface area contributed by atoms with Crippen molar-refractivity contribution in [1.29, 1.82) is 0 Å². The molecule has 0 radical (unpaired) electrons. The van der Waals surface area contributed by atoms with E-state index >= 15 is 0 Å². The van der Waals surface area contributed by atoms with Gasteiger partial charge in [0.15, 0.2) is 0 Å². The maximum Gasteiger partial charge on any atom is 0.242 e. The maximum atomic E-state index is 14.2. The molecule has 2 aromatic rings. The summed E-state index contributed by atoms with van der Waals surface area (Å²) in [5.41, 5.74) is 0.837. The zero-order chi connectivity index (χ0) is 21.7. The maximum absolute atomic E-state index is 14.2. The van der Waals surface area contributed by atoms with Crippen LogP contribution in [0.2, 0.25) is 10.0 Å². The number of nitrogens with one attached hydrogen (secondary N) is 1. The second kappa shape index (κ2) is 10.3. The normalized spacial score (nSPS) is 15.1. The van der Waals surface area contributed by atoms with Crippen LogP contribution in [0.4, 0.5) is 4.39 Å². The Hall–Kier alpha value is -2.11. The lowest BCUT2D eigenvalue weighted by Gasteiger charge is -2.30. The molecule has 3 rings (SSSR count). The summed E-state index contributed by atoms with van der Waals surface area (Å²) in [4.78, 5) is 27.5. The highest BCUT2D eigenvalue weighted by Crippen LogP contribution is 2.24. The van der Waals surface area contributed by atoms with Crippen molar-refractivity contribution in [3.63, 3.8) is 0 Å². The molecule has 0 saturated heterocycles. The summed E-state index contributed by atoms with van der Waals surface area (Å²) in [5, 5.41) is 3.72. The minimum Gasteiger partial charge on any atom is -0.352 e. The van der Waals surface area contributed by atoms with Crippen LogP contribution in [0.15, 0.2) is 42.5 Å². The summed E-state index contributed by atoms with van der Waals surface area (Å²) in [6.45, 7) is 1.83. The zero-order valence-corrected chi connectivity index (χ0v) is 18.3. The second-order valence-electron chi connectivity index (χ2n) is 7.66. The number of carbonyl (C=O) groups is 2. The molecular formula is C23H25Cl2FN2O2. The third-order valence-electron chi connectivity index (χ3n) is 5.56. The molecule has 4 nitrogen and oxygen atoms in total. The first-order valence-electron chi connectivity index (χ1n) is 10.1. The summed E-state index contributed by atoms with van der Waals surface area (Å²) in [7, 11) is 0. The van der Waals surface area contributed by atoms with Gasteiger partial charge in [-0.3, -0.25) is 9.59 Å². The van der Waals surface area contributed by atoms with Crippen LogP contribution in [0.3, 0.4) is 0 Å². The van der Waals surface area contributed by atoms with Gasteiger partial charge in [0.1, 0.15) is 11.9 Å². The molecule has 30 heavy (non-hydrogen) atoms. The number of hydrogen-bond donors (Lipinski definition) is 1. The largest absolute Gasteiger partial charge is 0.352 e. The van der Waals surface area contributed by atoms with E-state index < -0.39 is 17.8 Å². The molecule has 0 bridgehead atoms. The molecule has 0 unspecified atom stereocenters. The van der Waals surface area contributed by atoms with Crippen LogP contribution in [-0.4, -0.2) is 28.8 Å². The monoisotopic (exact) mass is 450 g/mol. The van der Waals surface area contributed by atoms with E-state index in [2.05, 4.69) is 5.32 Å². The Morgan fingerprint density at radius 2 is 1.77 bits per heavy atom. The molecular weight excluding hydrogens is 426 g/mol. The van der Waals surface area contributed by atoms with Crippen molar-refractivity contribution in [3.05, 3.63) is 69.5 Å². The van der Waals surface area contributed by atoms with Crippen LogP contribution in [0.25, 0.3) is 0 Å². The summed E-state index contributed by atoms with van der Waals surface area (Å²) in [5.74, 6) is -1.16. The fourth-order valence-corrected chi connectivity index (χ4v) is 4.16. The van der Waals surface area contributed by atoms with Gasteiger partial charge in [-0.05, 0) is 43.5 Å². The number of amides is 2. The van der Waals surface area contributed by atoms with Crippen LogP contribution in [0.5, 0.6) is 0 Å². The Morgan fingerprint density at radius 1 is 1.10 bits per heavy atom. The van der Waals surface area contributed by atoms with Gasteiger partial charge in [-0.2, -0.15) is 0 Å². The van der Waals surface area contributed by atoms with E-state index in [4.69, 9.17) is 23.2 Å². The van der Waals surface area contributed by atoms with Crippen molar-refractivity contribution in [2.24, 2.45) is 0 Å². The van der Waals surface area contributed by atoms with E-state index in [9.17, 15) is 14.0 Å². The second-order valence-corrected chi connectivity index (χ2v) is 8.47. The van der Waals surface area contributed by atoms with Gasteiger partial charge in [0, 0.05) is 28.2 Å². The lowest BCUT2D eigenvalue weighted by molar-refractivity contribution is -0.140. The molecule has 7 heteroatoms. The van der Waals surface area contributed by atoms with Crippen LogP contribution >= 0.6 is 23.2 Å². The number of benzene rings is 2. The molecule has 1 aliphatic carbocycles. The highest BCUT2D eigenvalue weighted by molar-refractivity contribution is 6.31. The van der Waals surface area contributed by atoms with Crippen molar-refractivity contribution < 1.29 is 14.0 Å². The topological polar surface area (TPSA) is 49.4 Å². The Balaban J connectivity index is 1.83. The number of nitrogens with zero attached hydrogens (tertiary/aromatic N) is 1. The van der Waals surface area contributed by atoms with Gasteiger partial charge in [0.25, 0.3) is 0 Å². The van der Waals surface area contributed by atoms with Gasteiger partial charge >= 0.3 is 0 Å². The lowest BCUT2D eigenvalue weighted by atomic mass is 10.1. The fraction of sp³-hybridized carbons (Fsp3) is 0.391. The van der Waals surface area contributed by atoms with Crippen molar-refractivity contribution >= 4 is 35.0 Å². The van der Waals surface area contributed by atoms with Gasteiger partial charge in [0.05, 0.1) is 6.42 Å². The minimum atomic E-state index is -0.736. The van der Waals surface area contributed by atoms with Crippen LogP contribution in [0.1, 0.15) is 43.7 Å². The molecule has 0 aromatic heterocycles. The van der Waals surface area contributed by atoms with Gasteiger partial charge in [-0.25, -0.2) is 4.39 Å². The van der Waals surface area contributed by atoms with Crippen LogP contribution in [-0.2, 0) is 22.6 Å². The molecule has 1 saturated carbocycles. The van der Waals surface area contributed by atoms with Crippen LogP contribution in [0, 0.1) is 5.82 Å². The number of hydrogen-bond acceptors (Lipinski definition) is 2. The van der Waals surface area contributed by atoms with E-state index in [0.717, 1.165) is 25.7 Å². The average molecular weight is 451 g/mol. The first kappa shape index (κ1) is 22.6. The average Bonchev–Trinajstić information content (AvgIpc) is 3.22. The molecule has 1 aliphatic rings. The molecule has 1 N–H and O–H groups in total. The fourth-order valence-electron chi connectivity index (χ4n) is 3.74. The predicted octanol–water partition coefficient (Wildman–Crippen LogP) is 5.15. The summed E-state index contributed by atoms with van der Waals surface area (Å²) >= 11 is 12.4.